The van der Waals surface area contributed by atoms with Gasteiger partial charge in [-0.2, -0.15) is 0 Å². The van der Waals surface area contributed by atoms with Crippen LogP contribution in [-0.2, 0) is 0 Å². The number of carbonyl (C=O) groups is 1. The zero-order valence-corrected chi connectivity index (χ0v) is 12.1. The van der Waals surface area contributed by atoms with Crippen molar-refractivity contribution in [2.75, 3.05) is 30.3 Å². The Kier molecular flexibility index (Phi) is 4.47. The minimum Gasteiger partial charge on any atom is -0.397 e. The predicted octanol–water partition coefficient (Wildman–Crippen LogP) is 2.48. The SMILES string of the molecule is C=CCNC(=O)c1sc(N2CCCC(C)C2)cc1N. The topological polar surface area (TPSA) is 58.4 Å². The highest BCUT2D eigenvalue weighted by Gasteiger charge is 2.21. The highest BCUT2D eigenvalue weighted by Crippen LogP contribution is 2.34. The van der Waals surface area contributed by atoms with Crippen molar-refractivity contribution in [1.29, 1.82) is 0 Å². The molecule has 0 aromatic carbocycles. The number of rotatable bonds is 4. The zero-order valence-electron chi connectivity index (χ0n) is 11.3. The fraction of sp³-hybridized carbons (Fsp3) is 0.500. The second-order valence-corrected chi connectivity index (χ2v) is 6.09. The molecule has 1 fully saturated rings. The largest absolute Gasteiger partial charge is 0.397 e. The number of nitrogens with two attached hydrogens (primary N) is 1. The second kappa shape index (κ2) is 6.10. The number of nitrogens with one attached hydrogen (secondary N) is 1. The van der Waals surface area contributed by atoms with Gasteiger partial charge < -0.3 is 16.0 Å². The molecule has 3 N–H and O–H groups in total. The van der Waals surface area contributed by atoms with Crippen LogP contribution in [0.15, 0.2) is 18.7 Å². The Balaban J connectivity index is 2.11. The molecule has 0 spiro atoms. The van der Waals surface area contributed by atoms with Crippen LogP contribution in [0.5, 0.6) is 0 Å². The van der Waals surface area contributed by atoms with Crippen molar-refractivity contribution in [3.63, 3.8) is 0 Å². The maximum absolute atomic E-state index is 11.9. The molecule has 2 rings (SSSR count). The Morgan fingerprint density at radius 2 is 2.53 bits per heavy atom. The summed E-state index contributed by atoms with van der Waals surface area (Å²) in [4.78, 5) is 14.9. The summed E-state index contributed by atoms with van der Waals surface area (Å²) >= 11 is 1.48. The third kappa shape index (κ3) is 3.29. The van der Waals surface area contributed by atoms with Crippen molar-refractivity contribution in [1.82, 2.24) is 5.32 Å². The van der Waals surface area contributed by atoms with Gasteiger partial charge in [0.1, 0.15) is 4.88 Å². The van der Waals surface area contributed by atoms with Crippen molar-refractivity contribution in [2.45, 2.75) is 19.8 Å². The lowest BCUT2D eigenvalue weighted by molar-refractivity contribution is 0.0963. The Morgan fingerprint density at radius 1 is 1.74 bits per heavy atom. The lowest BCUT2D eigenvalue weighted by Crippen LogP contribution is -2.33. The van der Waals surface area contributed by atoms with Gasteiger partial charge in [-0.15, -0.1) is 17.9 Å². The van der Waals surface area contributed by atoms with Gasteiger partial charge in [0.15, 0.2) is 0 Å². The number of hydrogen-bond acceptors (Lipinski definition) is 4. The highest BCUT2D eigenvalue weighted by molar-refractivity contribution is 7.18. The average molecular weight is 279 g/mol. The third-order valence-electron chi connectivity index (χ3n) is 3.33. The molecule has 1 aliphatic heterocycles. The minimum atomic E-state index is -0.112. The van der Waals surface area contributed by atoms with Crippen molar-refractivity contribution in [2.24, 2.45) is 5.92 Å². The molecule has 0 saturated carbocycles. The fourth-order valence-corrected chi connectivity index (χ4v) is 3.39. The zero-order chi connectivity index (χ0) is 13.8. The Hall–Kier alpha value is -1.49. The maximum Gasteiger partial charge on any atom is 0.263 e. The average Bonchev–Trinajstić information content (AvgIpc) is 2.78. The van der Waals surface area contributed by atoms with Gasteiger partial charge in [-0.1, -0.05) is 13.0 Å². The highest BCUT2D eigenvalue weighted by atomic mass is 32.1. The van der Waals surface area contributed by atoms with E-state index in [0.29, 0.717) is 23.0 Å². The first-order valence-electron chi connectivity index (χ1n) is 6.65. The number of hydrogen-bond donors (Lipinski definition) is 2. The summed E-state index contributed by atoms with van der Waals surface area (Å²) in [5.74, 6) is 0.592. The Morgan fingerprint density at radius 3 is 3.21 bits per heavy atom. The van der Waals surface area contributed by atoms with Gasteiger partial charge in [0, 0.05) is 19.6 Å². The van der Waals surface area contributed by atoms with Crippen LogP contribution in [0.25, 0.3) is 0 Å². The molecule has 1 saturated heterocycles. The minimum absolute atomic E-state index is 0.112. The predicted molar refractivity (Wildman–Crippen MR) is 81.9 cm³/mol. The van der Waals surface area contributed by atoms with E-state index >= 15 is 0 Å². The molecule has 1 aromatic rings. The molecule has 1 amide bonds. The van der Waals surface area contributed by atoms with Crippen LogP contribution < -0.4 is 16.0 Å². The first-order chi connectivity index (χ1) is 9.11. The van der Waals surface area contributed by atoms with Crippen molar-refractivity contribution >= 4 is 27.9 Å². The number of nitrogens with zero attached hydrogens (tertiary/aromatic N) is 1. The number of thiophene rings is 1. The normalized spacial score (nSPS) is 19.2. The van der Waals surface area contributed by atoms with E-state index in [-0.39, 0.29) is 5.91 Å². The fourth-order valence-electron chi connectivity index (χ4n) is 2.36. The standard InChI is InChI=1S/C14H21N3OS/c1-3-6-16-14(18)13-11(15)8-12(19-13)17-7-4-5-10(2)9-17/h3,8,10H,1,4-7,9,15H2,2H3,(H,16,18). The van der Waals surface area contributed by atoms with Gasteiger partial charge in [-0.05, 0) is 24.8 Å². The molecule has 1 unspecified atom stereocenters. The van der Waals surface area contributed by atoms with Gasteiger partial charge >= 0.3 is 0 Å². The molecule has 1 aliphatic rings. The molecule has 1 aromatic heterocycles. The number of carbonyl (C=O) groups excluding carboxylic acids is 1. The molecule has 2 heterocycles. The lowest BCUT2D eigenvalue weighted by atomic mass is 10.0. The van der Waals surface area contributed by atoms with Crippen molar-refractivity contribution in [3.05, 3.63) is 23.6 Å². The van der Waals surface area contributed by atoms with E-state index in [9.17, 15) is 4.79 Å². The van der Waals surface area contributed by atoms with Gasteiger partial charge in [-0.25, -0.2) is 0 Å². The number of nitrogen functional groups attached to an aromatic ring is 1. The van der Waals surface area contributed by atoms with Crippen LogP contribution >= 0.6 is 11.3 Å². The molecule has 19 heavy (non-hydrogen) atoms. The lowest BCUT2D eigenvalue weighted by Gasteiger charge is -2.31. The second-order valence-electron chi connectivity index (χ2n) is 5.06. The number of piperidine rings is 1. The van der Waals surface area contributed by atoms with Crippen LogP contribution in [0.3, 0.4) is 0 Å². The van der Waals surface area contributed by atoms with Gasteiger partial charge in [0.25, 0.3) is 5.91 Å². The van der Waals surface area contributed by atoms with E-state index in [1.165, 1.54) is 24.2 Å². The van der Waals surface area contributed by atoms with Crippen LogP contribution in [0.2, 0.25) is 0 Å². The van der Waals surface area contributed by atoms with Gasteiger partial charge in [0.05, 0.1) is 10.7 Å². The number of amides is 1. The summed E-state index contributed by atoms with van der Waals surface area (Å²) in [6.45, 7) is 8.42. The van der Waals surface area contributed by atoms with E-state index in [4.69, 9.17) is 5.73 Å². The summed E-state index contributed by atoms with van der Waals surface area (Å²) < 4.78 is 0. The van der Waals surface area contributed by atoms with Crippen molar-refractivity contribution < 1.29 is 4.79 Å². The van der Waals surface area contributed by atoms with Gasteiger partial charge in [0.2, 0.25) is 0 Å². The molecular formula is C14H21N3OS. The summed E-state index contributed by atoms with van der Waals surface area (Å²) in [5, 5.41) is 3.87. The molecular weight excluding hydrogens is 258 g/mol. The summed E-state index contributed by atoms with van der Waals surface area (Å²) in [5.41, 5.74) is 6.52. The summed E-state index contributed by atoms with van der Waals surface area (Å²) in [7, 11) is 0. The van der Waals surface area contributed by atoms with E-state index in [0.717, 1.165) is 18.1 Å². The van der Waals surface area contributed by atoms with E-state index < -0.39 is 0 Å². The Bertz CT molecular complexity index is 469. The smallest absolute Gasteiger partial charge is 0.263 e. The summed E-state index contributed by atoms with van der Waals surface area (Å²) in [6.07, 6.45) is 4.15. The quantitative estimate of drug-likeness (QED) is 0.833. The van der Waals surface area contributed by atoms with Crippen LogP contribution in [0.4, 0.5) is 10.7 Å². The van der Waals surface area contributed by atoms with Crippen molar-refractivity contribution in [3.8, 4) is 0 Å². The van der Waals surface area contributed by atoms with Gasteiger partial charge in [-0.3, -0.25) is 4.79 Å². The molecule has 0 aliphatic carbocycles. The maximum atomic E-state index is 11.9. The molecule has 5 heteroatoms. The molecule has 4 nitrogen and oxygen atoms in total. The molecule has 104 valence electrons. The third-order valence-corrected chi connectivity index (χ3v) is 4.54. The summed E-state index contributed by atoms with van der Waals surface area (Å²) in [6, 6.07) is 1.92. The molecule has 0 radical (unpaired) electrons. The van der Waals surface area contributed by atoms with Crippen LogP contribution in [-0.4, -0.2) is 25.5 Å². The monoisotopic (exact) mass is 279 g/mol. The first-order valence-corrected chi connectivity index (χ1v) is 7.46. The Labute approximate surface area is 118 Å². The van der Waals surface area contributed by atoms with Crippen LogP contribution in [0, 0.1) is 5.92 Å². The molecule has 1 atom stereocenters. The molecule has 0 bridgehead atoms. The van der Waals surface area contributed by atoms with E-state index in [1.54, 1.807) is 6.08 Å². The van der Waals surface area contributed by atoms with Crippen LogP contribution in [0.1, 0.15) is 29.4 Å². The first kappa shape index (κ1) is 13.9. The van der Waals surface area contributed by atoms with E-state index in [2.05, 4.69) is 23.7 Å². The van der Waals surface area contributed by atoms with E-state index in [1.807, 2.05) is 6.07 Å². The number of anilines is 2.